The Morgan fingerprint density at radius 1 is 0.543 bits per heavy atom. The molecule has 0 amide bonds. The van der Waals surface area contributed by atoms with Crippen molar-refractivity contribution in [1.29, 1.82) is 0 Å². The Balaban J connectivity index is 2.28. The smallest absolute Gasteiger partial charge is 0.397 e. The molecule has 1 fully saturated rings. The molecule has 0 saturated carbocycles. The van der Waals surface area contributed by atoms with E-state index in [0.29, 0.717) is 13.0 Å². The number of ether oxygens (including phenoxy) is 4. The number of carbonyl (C=O) groups is 1. The minimum absolute atomic E-state index is 0.0330. The van der Waals surface area contributed by atoms with E-state index >= 15 is 0 Å². The Morgan fingerprint density at radius 3 is 1.39 bits per heavy atom. The number of aliphatic hydroxyl groups excluding tert-OH is 3. The first kappa shape index (κ1) is 66.1. The Kier molecular flexibility index (Phi) is 45.3. The van der Waals surface area contributed by atoms with Crippen molar-refractivity contribution in [2.45, 2.75) is 282 Å². The van der Waals surface area contributed by atoms with E-state index in [9.17, 15) is 33.1 Å². The van der Waals surface area contributed by atoms with Crippen molar-refractivity contribution < 1.29 is 56.2 Å². The Hall–Kier alpha value is -1.94. The summed E-state index contributed by atoms with van der Waals surface area (Å²) in [5, 5.41) is 30.8. The second-order valence-corrected chi connectivity index (χ2v) is 20.6. The lowest BCUT2D eigenvalue weighted by Gasteiger charge is -2.41. The third kappa shape index (κ3) is 40.5. The molecule has 13 heteroatoms. The summed E-state index contributed by atoms with van der Waals surface area (Å²) in [5.74, 6) is -0.405. The molecule has 410 valence electrons. The molecular formula is C57H104O12S. The molecule has 1 rings (SSSR count). The SMILES string of the molecule is CCCCC/C=C\C/C=C\CCCCCCCCCC(=O)OC(COCCCCCCCCCCCCCCCC/C=C\C/C=C\CCCCCCC)COC1OC(CO)C(O)C(OS(=O)(=O)O)C1O. The molecule has 0 aromatic heterocycles. The van der Waals surface area contributed by atoms with Crippen LogP contribution in [0.15, 0.2) is 48.6 Å². The maximum atomic E-state index is 12.9. The van der Waals surface area contributed by atoms with Crippen LogP contribution in [0.3, 0.4) is 0 Å². The van der Waals surface area contributed by atoms with Gasteiger partial charge < -0.3 is 34.3 Å². The second kappa shape index (κ2) is 48.0. The number of unbranched alkanes of at least 4 members (excludes halogenated alkanes) is 29. The number of esters is 1. The van der Waals surface area contributed by atoms with Crippen LogP contribution >= 0.6 is 0 Å². The molecule has 0 radical (unpaired) electrons. The van der Waals surface area contributed by atoms with Crippen LogP contribution < -0.4 is 0 Å². The monoisotopic (exact) mass is 1010 g/mol. The van der Waals surface area contributed by atoms with Crippen molar-refractivity contribution in [3.8, 4) is 0 Å². The zero-order valence-electron chi connectivity index (χ0n) is 44.3. The molecule has 1 aliphatic rings. The second-order valence-electron chi connectivity index (χ2n) is 19.5. The topological polar surface area (TPSA) is 178 Å². The van der Waals surface area contributed by atoms with Crippen LogP contribution in [0.5, 0.6) is 0 Å². The van der Waals surface area contributed by atoms with Gasteiger partial charge in [-0.25, -0.2) is 4.18 Å². The first-order chi connectivity index (χ1) is 34.1. The predicted octanol–water partition coefficient (Wildman–Crippen LogP) is 13.9. The van der Waals surface area contributed by atoms with Gasteiger partial charge in [-0.3, -0.25) is 9.35 Å². The van der Waals surface area contributed by atoms with Gasteiger partial charge in [0.2, 0.25) is 0 Å². The van der Waals surface area contributed by atoms with E-state index in [0.717, 1.165) is 57.8 Å². The number of hydrogen-bond donors (Lipinski definition) is 4. The Bertz CT molecular complexity index is 1400. The molecule has 4 N–H and O–H groups in total. The normalized spacial score (nSPS) is 19.4. The van der Waals surface area contributed by atoms with Crippen LogP contribution in [-0.4, -0.2) is 97.5 Å². The van der Waals surface area contributed by atoms with E-state index < -0.39 is 59.8 Å². The van der Waals surface area contributed by atoms with Gasteiger partial charge in [-0.2, -0.15) is 8.42 Å². The number of aliphatic hydroxyl groups is 3. The van der Waals surface area contributed by atoms with E-state index in [2.05, 4.69) is 66.6 Å². The van der Waals surface area contributed by atoms with Crippen molar-refractivity contribution in [3.05, 3.63) is 48.6 Å². The van der Waals surface area contributed by atoms with Crippen LogP contribution in [0.1, 0.15) is 245 Å². The summed E-state index contributed by atoms with van der Waals surface area (Å²) in [5.41, 5.74) is 0. The molecule has 70 heavy (non-hydrogen) atoms. The Morgan fingerprint density at radius 2 is 0.943 bits per heavy atom. The van der Waals surface area contributed by atoms with Gasteiger partial charge in [0.15, 0.2) is 6.29 Å². The minimum atomic E-state index is -5.07. The van der Waals surface area contributed by atoms with E-state index in [4.69, 9.17) is 18.9 Å². The van der Waals surface area contributed by atoms with Crippen LogP contribution in [0, 0.1) is 0 Å². The predicted molar refractivity (Wildman–Crippen MR) is 285 cm³/mol. The average Bonchev–Trinajstić information content (AvgIpc) is 3.34. The van der Waals surface area contributed by atoms with E-state index in [-0.39, 0.29) is 19.6 Å². The summed E-state index contributed by atoms with van der Waals surface area (Å²) in [7, 11) is -5.07. The maximum Gasteiger partial charge on any atom is 0.397 e. The fourth-order valence-electron chi connectivity index (χ4n) is 8.62. The fraction of sp³-hybridized carbons (Fsp3) is 0.842. The highest BCUT2D eigenvalue weighted by atomic mass is 32.3. The summed E-state index contributed by atoms with van der Waals surface area (Å²) in [4.78, 5) is 12.9. The molecule has 0 bridgehead atoms. The zero-order valence-corrected chi connectivity index (χ0v) is 45.1. The molecule has 1 aliphatic heterocycles. The van der Waals surface area contributed by atoms with Gasteiger partial charge in [0.25, 0.3) is 0 Å². The molecule has 1 saturated heterocycles. The van der Waals surface area contributed by atoms with Crippen molar-refractivity contribution in [3.63, 3.8) is 0 Å². The summed E-state index contributed by atoms with van der Waals surface area (Å²) in [6.45, 7) is 3.98. The molecule has 0 aromatic rings. The zero-order chi connectivity index (χ0) is 51.0. The van der Waals surface area contributed by atoms with Crippen LogP contribution in [-0.2, 0) is 38.3 Å². The standard InChI is InChI=1S/C57H104O12S/c1-3-5-7-9-11-13-15-17-19-21-22-23-24-25-26-27-28-29-31-33-35-37-39-41-43-45-47-65-49-51(50-66-57-55(61)56(69-70(62,63)64)54(60)52(48-58)68-57)67-53(59)46-44-42-40-38-36-34-32-30-20-18-16-14-12-10-8-6-4-2/h12,14-15,17-18,20-22,51-52,54-58,60-61H,3-11,13,16,19,23-50H2,1-2H3,(H,62,63,64)/b14-12-,17-15-,20-18-,22-21-. The first-order valence-electron chi connectivity index (χ1n) is 28.4. The van der Waals surface area contributed by atoms with Crippen molar-refractivity contribution in [2.24, 2.45) is 0 Å². The van der Waals surface area contributed by atoms with Crippen molar-refractivity contribution in [1.82, 2.24) is 0 Å². The van der Waals surface area contributed by atoms with Gasteiger partial charge in [0, 0.05) is 13.0 Å². The highest BCUT2D eigenvalue weighted by Gasteiger charge is 2.48. The van der Waals surface area contributed by atoms with Gasteiger partial charge >= 0.3 is 16.4 Å². The average molecular weight is 1010 g/mol. The van der Waals surface area contributed by atoms with E-state index in [1.807, 2.05) is 0 Å². The summed E-state index contributed by atoms with van der Waals surface area (Å²) in [6, 6.07) is 0. The number of allylic oxidation sites excluding steroid dienone is 8. The van der Waals surface area contributed by atoms with Crippen LogP contribution in [0.2, 0.25) is 0 Å². The van der Waals surface area contributed by atoms with Crippen LogP contribution in [0.25, 0.3) is 0 Å². The Labute approximate surface area is 427 Å². The quantitative estimate of drug-likeness (QED) is 0.0196. The fourth-order valence-corrected chi connectivity index (χ4v) is 9.13. The van der Waals surface area contributed by atoms with Crippen LogP contribution in [0.4, 0.5) is 0 Å². The lowest BCUT2D eigenvalue weighted by Crippen LogP contribution is -2.60. The number of carbonyl (C=O) groups excluding carboxylic acids is 1. The highest BCUT2D eigenvalue weighted by Crippen LogP contribution is 2.26. The van der Waals surface area contributed by atoms with Crippen molar-refractivity contribution in [2.75, 3.05) is 26.4 Å². The molecule has 1 heterocycles. The van der Waals surface area contributed by atoms with Crippen molar-refractivity contribution >= 4 is 16.4 Å². The third-order valence-electron chi connectivity index (χ3n) is 12.9. The van der Waals surface area contributed by atoms with Gasteiger partial charge in [-0.1, -0.05) is 210 Å². The molecule has 6 unspecified atom stereocenters. The molecule has 0 aliphatic carbocycles. The molecular weight excluding hydrogens is 909 g/mol. The third-order valence-corrected chi connectivity index (χ3v) is 13.4. The maximum absolute atomic E-state index is 12.9. The van der Waals surface area contributed by atoms with Gasteiger partial charge in [-0.15, -0.1) is 0 Å². The molecule has 12 nitrogen and oxygen atoms in total. The summed E-state index contributed by atoms with van der Waals surface area (Å²) < 4.78 is 59.4. The molecule has 0 aromatic carbocycles. The minimum Gasteiger partial charge on any atom is -0.457 e. The lowest BCUT2D eigenvalue weighted by molar-refractivity contribution is -0.301. The van der Waals surface area contributed by atoms with Gasteiger partial charge in [0.05, 0.1) is 19.8 Å². The first-order valence-corrected chi connectivity index (χ1v) is 29.8. The largest absolute Gasteiger partial charge is 0.457 e. The molecule has 0 spiro atoms. The van der Waals surface area contributed by atoms with E-state index in [1.54, 1.807) is 0 Å². The number of hydrogen-bond acceptors (Lipinski definition) is 11. The number of rotatable bonds is 50. The van der Waals surface area contributed by atoms with Gasteiger partial charge in [0.1, 0.15) is 30.5 Å². The summed E-state index contributed by atoms with van der Waals surface area (Å²) in [6.07, 6.45) is 51.5. The lowest BCUT2D eigenvalue weighted by atomic mass is 9.99. The summed E-state index contributed by atoms with van der Waals surface area (Å²) >= 11 is 0. The highest BCUT2D eigenvalue weighted by molar-refractivity contribution is 7.80. The van der Waals surface area contributed by atoms with Gasteiger partial charge in [-0.05, 0) is 77.0 Å². The molecule has 6 atom stereocenters. The van der Waals surface area contributed by atoms with E-state index in [1.165, 1.54) is 161 Å².